The lowest BCUT2D eigenvalue weighted by Gasteiger charge is -2.39. The predicted octanol–water partition coefficient (Wildman–Crippen LogP) is 5.43. The molecule has 2 aromatic carbocycles. The Balaban J connectivity index is 1.20. The summed E-state index contributed by atoms with van der Waals surface area (Å²) in [5.41, 5.74) is 5.50. The molecular weight excluding hydrogens is 653 g/mol. The van der Waals surface area contributed by atoms with Crippen LogP contribution >= 0.6 is 23.2 Å². The van der Waals surface area contributed by atoms with Crippen LogP contribution in [-0.4, -0.2) is 84.4 Å². The number of methoxy groups -OCH3 is 3. The molecule has 2 aromatic heterocycles. The molecule has 48 heavy (non-hydrogen) atoms. The van der Waals surface area contributed by atoms with E-state index in [1.54, 1.807) is 33.7 Å². The van der Waals surface area contributed by atoms with Crippen LogP contribution in [0.3, 0.4) is 0 Å². The number of nitrogens with one attached hydrogen (secondary N) is 2. The first kappa shape index (κ1) is 34.0. The highest BCUT2D eigenvalue weighted by atomic mass is 35.5. The van der Waals surface area contributed by atoms with Gasteiger partial charge in [-0.3, -0.25) is 19.7 Å². The van der Waals surface area contributed by atoms with Crippen molar-refractivity contribution < 1.29 is 19.0 Å². The van der Waals surface area contributed by atoms with Gasteiger partial charge in [0.05, 0.1) is 48.0 Å². The second-order valence-corrected chi connectivity index (χ2v) is 12.8. The number of carbonyl (C=O) groups is 1. The maximum absolute atomic E-state index is 11.5. The first-order valence-electron chi connectivity index (χ1n) is 16.0. The van der Waals surface area contributed by atoms with E-state index >= 15 is 0 Å². The summed E-state index contributed by atoms with van der Waals surface area (Å²) in [7, 11) is 4.91. The van der Waals surface area contributed by atoms with Crippen molar-refractivity contribution in [3.05, 3.63) is 70.2 Å². The van der Waals surface area contributed by atoms with Gasteiger partial charge in [-0.25, -0.2) is 9.97 Å². The first-order chi connectivity index (χ1) is 23.4. The number of rotatable bonds is 14. The van der Waals surface area contributed by atoms with Crippen LogP contribution in [0.2, 0.25) is 10.0 Å². The molecule has 0 aliphatic carbocycles. The fourth-order valence-corrected chi connectivity index (χ4v) is 6.82. The monoisotopic (exact) mass is 691 g/mol. The Kier molecular flexibility index (Phi) is 11.0. The summed E-state index contributed by atoms with van der Waals surface area (Å²) >= 11 is 14.1. The molecule has 2 N–H and O–H groups in total. The van der Waals surface area contributed by atoms with Crippen molar-refractivity contribution in [3.8, 4) is 45.4 Å². The maximum atomic E-state index is 11.5. The lowest BCUT2D eigenvalue weighted by atomic mass is 9.96. The van der Waals surface area contributed by atoms with Gasteiger partial charge in [0.15, 0.2) is 0 Å². The van der Waals surface area contributed by atoms with Crippen molar-refractivity contribution in [2.45, 2.75) is 38.4 Å². The van der Waals surface area contributed by atoms with Crippen LogP contribution in [0, 0.1) is 5.92 Å². The molecule has 1 amide bonds. The van der Waals surface area contributed by atoms with Gasteiger partial charge in [0.1, 0.15) is 11.4 Å². The quantitative estimate of drug-likeness (QED) is 0.177. The number of carbonyl (C=O) groups excluding carboxylic acids is 1. The second kappa shape index (κ2) is 15.6. The van der Waals surface area contributed by atoms with Gasteiger partial charge in [0, 0.05) is 81.2 Å². The Labute approximate surface area is 290 Å². The van der Waals surface area contributed by atoms with E-state index < -0.39 is 0 Å². The minimum atomic E-state index is 0.0869. The largest absolute Gasteiger partial charge is 0.480 e. The molecule has 6 rings (SSSR count). The minimum absolute atomic E-state index is 0.0869. The van der Waals surface area contributed by atoms with Crippen LogP contribution < -0.4 is 20.1 Å². The number of hydrogen-bond acceptors (Lipinski definition) is 10. The fraction of sp³-hybridized carbons (Fsp3) is 0.400. The number of amides is 1. The van der Waals surface area contributed by atoms with Gasteiger partial charge in [-0.15, -0.1) is 0 Å². The Morgan fingerprint density at radius 1 is 0.875 bits per heavy atom. The number of benzene rings is 2. The average Bonchev–Trinajstić information content (AvgIpc) is 3.50. The summed E-state index contributed by atoms with van der Waals surface area (Å²) in [6.45, 7) is 4.55. The summed E-state index contributed by atoms with van der Waals surface area (Å²) in [5, 5.41) is 7.26. The Hall–Kier alpha value is -3.87. The summed E-state index contributed by atoms with van der Waals surface area (Å²) < 4.78 is 16.5. The van der Waals surface area contributed by atoms with E-state index in [1.165, 1.54) is 0 Å². The highest BCUT2D eigenvalue weighted by Crippen LogP contribution is 2.42. The fourth-order valence-electron chi connectivity index (χ4n) is 6.17. The number of ether oxygens (including phenoxy) is 3. The van der Waals surface area contributed by atoms with E-state index in [9.17, 15) is 4.79 Å². The molecule has 13 heteroatoms. The van der Waals surface area contributed by atoms with Crippen molar-refractivity contribution in [2.24, 2.45) is 5.92 Å². The third-order valence-electron chi connectivity index (χ3n) is 8.75. The molecule has 0 unspecified atom stereocenters. The van der Waals surface area contributed by atoms with Crippen LogP contribution in [0.5, 0.6) is 11.8 Å². The molecule has 2 fully saturated rings. The number of hydrogen-bond donors (Lipinski definition) is 2. The third kappa shape index (κ3) is 7.55. The highest BCUT2D eigenvalue weighted by molar-refractivity contribution is 6.39. The first-order valence-corrected chi connectivity index (χ1v) is 16.7. The molecule has 4 heterocycles. The van der Waals surface area contributed by atoms with E-state index in [0.717, 1.165) is 49.4 Å². The lowest BCUT2D eigenvalue weighted by molar-refractivity contribution is -0.119. The number of aromatic nitrogens is 4. The zero-order chi connectivity index (χ0) is 33.6. The molecule has 0 bridgehead atoms. The zero-order valence-electron chi connectivity index (χ0n) is 27.3. The van der Waals surface area contributed by atoms with Gasteiger partial charge >= 0.3 is 0 Å². The number of nitrogens with zero attached hydrogens (tertiary/aromatic N) is 5. The summed E-state index contributed by atoms with van der Waals surface area (Å²) in [4.78, 5) is 32.7. The molecule has 0 spiro atoms. The van der Waals surface area contributed by atoms with Crippen LogP contribution in [-0.2, 0) is 22.6 Å². The minimum Gasteiger partial charge on any atom is -0.480 e. The molecular formula is C35H39Cl2N7O4. The van der Waals surface area contributed by atoms with Crippen LogP contribution in [0.15, 0.2) is 48.8 Å². The molecule has 252 valence electrons. The van der Waals surface area contributed by atoms with Crippen molar-refractivity contribution >= 4 is 29.1 Å². The zero-order valence-corrected chi connectivity index (χ0v) is 28.8. The maximum Gasteiger partial charge on any atom is 0.237 e. The van der Waals surface area contributed by atoms with Gasteiger partial charge in [-0.2, -0.15) is 0 Å². The van der Waals surface area contributed by atoms with Gasteiger partial charge in [-0.1, -0.05) is 59.6 Å². The highest BCUT2D eigenvalue weighted by Gasteiger charge is 2.28. The molecule has 2 aliphatic rings. The Morgan fingerprint density at radius 2 is 1.46 bits per heavy atom. The normalized spacial score (nSPS) is 16.5. The topological polar surface area (TPSA) is 124 Å². The predicted molar refractivity (Wildman–Crippen MR) is 185 cm³/mol. The van der Waals surface area contributed by atoms with E-state index in [0.29, 0.717) is 82.0 Å². The third-order valence-corrected chi connectivity index (χ3v) is 9.57. The van der Waals surface area contributed by atoms with Gasteiger partial charge < -0.3 is 24.8 Å². The van der Waals surface area contributed by atoms with Gasteiger partial charge in [-0.05, 0) is 18.8 Å². The van der Waals surface area contributed by atoms with Crippen molar-refractivity contribution in [3.63, 3.8) is 0 Å². The molecule has 2 saturated heterocycles. The van der Waals surface area contributed by atoms with E-state index in [4.69, 9.17) is 52.4 Å². The molecule has 4 aromatic rings. The summed E-state index contributed by atoms with van der Waals surface area (Å²) in [6.07, 6.45) is 5.87. The van der Waals surface area contributed by atoms with Crippen molar-refractivity contribution in [1.82, 2.24) is 35.5 Å². The SMILES string of the molecule is COCCC1CN(Cc2ncc(-c3cccc(-c4cccc(-c5cnc(CNC[C@@H]6CCC(=O)N6)c(OC)n5)c4Cl)c3Cl)nc2OC)C1. The van der Waals surface area contributed by atoms with Gasteiger partial charge in [0.25, 0.3) is 0 Å². The van der Waals surface area contributed by atoms with E-state index in [-0.39, 0.29) is 11.9 Å². The molecule has 1 atom stereocenters. The Morgan fingerprint density at radius 3 is 2.02 bits per heavy atom. The van der Waals surface area contributed by atoms with Crippen molar-refractivity contribution in [2.75, 3.05) is 47.6 Å². The summed E-state index contributed by atoms with van der Waals surface area (Å²) in [5.74, 6) is 1.60. The van der Waals surface area contributed by atoms with Crippen molar-refractivity contribution in [1.29, 1.82) is 0 Å². The average molecular weight is 693 g/mol. The Bertz CT molecular complexity index is 1770. The van der Waals surface area contributed by atoms with E-state index in [1.807, 2.05) is 36.4 Å². The van der Waals surface area contributed by atoms with Crippen LogP contribution in [0.4, 0.5) is 0 Å². The lowest BCUT2D eigenvalue weighted by Crippen LogP contribution is -2.46. The number of likely N-dealkylation sites (tertiary alicyclic amines) is 1. The summed E-state index contributed by atoms with van der Waals surface area (Å²) in [6, 6.07) is 11.6. The van der Waals surface area contributed by atoms with Crippen LogP contribution in [0.25, 0.3) is 33.6 Å². The molecule has 11 nitrogen and oxygen atoms in total. The van der Waals surface area contributed by atoms with E-state index in [2.05, 4.69) is 20.5 Å². The van der Waals surface area contributed by atoms with Gasteiger partial charge in [0.2, 0.25) is 17.7 Å². The number of halogens is 2. The smallest absolute Gasteiger partial charge is 0.237 e. The molecule has 0 radical (unpaired) electrons. The molecule has 2 aliphatic heterocycles. The standard InChI is InChI=1S/C35H39Cl2N7O4/c1-46-13-12-21-18-44(19-21)20-30-35(48-3)43-28(17-40-30)26-9-5-7-24(33(26)37)23-6-4-8-25(32(23)36)27-16-39-29(34(42-27)47-2)15-38-14-22-10-11-31(45)41-22/h4-9,16-17,21-22,38H,10-15,18-20H2,1-3H3,(H,41,45)/t22-/m0/s1. The van der Waals surface area contributed by atoms with Crippen LogP contribution in [0.1, 0.15) is 30.7 Å². The molecule has 0 saturated carbocycles. The second-order valence-electron chi connectivity index (χ2n) is 12.0.